The van der Waals surface area contributed by atoms with Crippen LogP contribution in [0.3, 0.4) is 0 Å². The Morgan fingerprint density at radius 3 is 2.13 bits per heavy atom. The first kappa shape index (κ1) is 22.1. The summed E-state index contributed by atoms with van der Waals surface area (Å²) in [4.78, 5) is -0.145. The van der Waals surface area contributed by atoms with Gasteiger partial charge in [0, 0.05) is 0 Å². The lowest BCUT2D eigenvalue weighted by Gasteiger charge is -2.23. The van der Waals surface area contributed by atoms with Crippen LogP contribution in [0.5, 0.6) is 5.75 Å². The molecular weight excluding hydrogens is 415 g/mol. The van der Waals surface area contributed by atoms with Gasteiger partial charge in [-0.2, -0.15) is 17.9 Å². The number of nitrogens with one attached hydrogen (secondary N) is 1. The quantitative estimate of drug-likeness (QED) is 0.587. The second-order valence-electron chi connectivity index (χ2n) is 7.26. The molecule has 1 atom stereocenters. The molecule has 0 saturated heterocycles. The van der Waals surface area contributed by atoms with Gasteiger partial charge in [0.05, 0.1) is 4.90 Å². The molecule has 1 N–H and O–H groups in total. The third kappa shape index (κ3) is 4.94. The minimum atomic E-state index is -4.82. The monoisotopic (exact) mass is 437 g/mol. The maximum Gasteiger partial charge on any atom is 0.408 e. The fourth-order valence-electron chi connectivity index (χ4n) is 3.47. The molecule has 0 spiro atoms. The number of fused-ring (bicyclic) bond motifs is 1. The minimum Gasteiger partial charge on any atom is -0.492 e. The van der Waals surface area contributed by atoms with Crippen molar-refractivity contribution >= 4 is 20.8 Å². The standard InChI is InChI=1S/C22H22F3NO3S/c1-14-10-15(2)21(16(3)11-14)30(27,28)26-20(22(23,24)25)13-29-19-9-8-17-6-4-5-7-18(17)12-19/h4-12,20,26H,13H2,1-3H3. The van der Waals surface area contributed by atoms with E-state index < -0.39 is 28.8 Å². The first-order valence-electron chi connectivity index (χ1n) is 9.26. The van der Waals surface area contributed by atoms with Crippen LogP contribution in [0.1, 0.15) is 16.7 Å². The third-order valence-electron chi connectivity index (χ3n) is 4.70. The summed E-state index contributed by atoms with van der Waals surface area (Å²) in [6.07, 6.45) is -4.82. The van der Waals surface area contributed by atoms with Crippen molar-refractivity contribution in [2.24, 2.45) is 0 Å². The fourth-order valence-corrected chi connectivity index (χ4v) is 5.13. The van der Waals surface area contributed by atoms with Gasteiger partial charge in [0.15, 0.2) is 6.04 Å². The first-order chi connectivity index (χ1) is 14.0. The van der Waals surface area contributed by atoms with Crippen LogP contribution in [0.25, 0.3) is 10.8 Å². The molecule has 0 heterocycles. The van der Waals surface area contributed by atoms with Crippen molar-refractivity contribution in [1.29, 1.82) is 0 Å². The summed E-state index contributed by atoms with van der Waals surface area (Å²) in [5.74, 6) is 0.227. The van der Waals surface area contributed by atoms with Gasteiger partial charge in [0.1, 0.15) is 12.4 Å². The van der Waals surface area contributed by atoms with E-state index in [0.29, 0.717) is 11.1 Å². The summed E-state index contributed by atoms with van der Waals surface area (Å²) in [7, 11) is -4.41. The van der Waals surface area contributed by atoms with Gasteiger partial charge in [-0.25, -0.2) is 8.42 Å². The van der Waals surface area contributed by atoms with Crippen molar-refractivity contribution in [3.05, 3.63) is 71.3 Å². The van der Waals surface area contributed by atoms with Crippen LogP contribution in [0.15, 0.2) is 59.5 Å². The number of hydrogen-bond acceptors (Lipinski definition) is 3. The average molecular weight is 437 g/mol. The lowest BCUT2D eigenvalue weighted by molar-refractivity contribution is -0.157. The molecule has 0 aromatic heterocycles. The Labute approximate surface area is 173 Å². The lowest BCUT2D eigenvalue weighted by Crippen LogP contribution is -2.49. The maximum atomic E-state index is 13.6. The van der Waals surface area contributed by atoms with E-state index in [1.807, 2.05) is 24.3 Å². The highest BCUT2D eigenvalue weighted by Crippen LogP contribution is 2.27. The molecule has 3 rings (SSSR count). The van der Waals surface area contributed by atoms with Gasteiger partial charge in [-0.1, -0.05) is 48.0 Å². The minimum absolute atomic E-state index is 0.145. The Morgan fingerprint density at radius 1 is 0.933 bits per heavy atom. The number of halogens is 3. The van der Waals surface area contributed by atoms with E-state index in [-0.39, 0.29) is 10.6 Å². The predicted molar refractivity (Wildman–Crippen MR) is 110 cm³/mol. The highest BCUT2D eigenvalue weighted by Gasteiger charge is 2.43. The zero-order valence-electron chi connectivity index (χ0n) is 16.7. The molecule has 3 aromatic rings. The van der Waals surface area contributed by atoms with Crippen LogP contribution < -0.4 is 9.46 Å². The Morgan fingerprint density at radius 2 is 1.53 bits per heavy atom. The van der Waals surface area contributed by atoms with Crippen LogP contribution in [0.4, 0.5) is 13.2 Å². The van der Waals surface area contributed by atoms with Crippen LogP contribution in [-0.4, -0.2) is 27.2 Å². The Hall–Kier alpha value is -2.58. The molecular formula is C22H22F3NO3S. The highest BCUT2D eigenvalue weighted by atomic mass is 32.2. The van der Waals surface area contributed by atoms with Crippen molar-refractivity contribution < 1.29 is 26.3 Å². The SMILES string of the molecule is Cc1cc(C)c(S(=O)(=O)NC(COc2ccc3ccccc3c2)C(F)(F)F)c(C)c1. The number of rotatable bonds is 6. The summed E-state index contributed by atoms with van der Waals surface area (Å²) in [6, 6.07) is 13.1. The third-order valence-corrected chi connectivity index (χ3v) is 6.48. The molecule has 0 aliphatic heterocycles. The van der Waals surface area contributed by atoms with Gasteiger partial charge in [-0.3, -0.25) is 0 Å². The second-order valence-corrected chi connectivity index (χ2v) is 8.91. The van der Waals surface area contributed by atoms with Crippen LogP contribution in [0, 0.1) is 20.8 Å². The summed E-state index contributed by atoms with van der Waals surface area (Å²) < 4.78 is 73.4. The average Bonchev–Trinajstić information content (AvgIpc) is 2.63. The maximum absolute atomic E-state index is 13.6. The molecule has 0 bridgehead atoms. The van der Waals surface area contributed by atoms with E-state index in [0.717, 1.165) is 16.3 Å². The van der Waals surface area contributed by atoms with Crippen molar-refractivity contribution in [2.75, 3.05) is 6.61 Å². The van der Waals surface area contributed by atoms with E-state index in [9.17, 15) is 21.6 Å². The lowest BCUT2D eigenvalue weighted by atomic mass is 10.1. The van der Waals surface area contributed by atoms with Crippen molar-refractivity contribution in [3.63, 3.8) is 0 Å². The number of aryl methyl sites for hydroxylation is 3. The van der Waals surface area contributed by atoms with Crippen LogP contribution in [-0.2, 0) is 10.0 Å². The van der Waals surface area contributed by atoms with E-state index in [1.165, 1.54) is 0 Å². The zero-order valence-corrected chi connectivity index (χ0v) is 17.6. The van der Waals surface area contributed by atoms with Gasteiger partial charge in [-0.05, 0) is 54.8 Å². The van der Waals surface area contributed by atoms with Crippen LogP contribution in [0.2, 0.25) is 0 Å². The Kier molecular flexibility index (Phi) is 6.10. The van der Waals surface area contributed by atoms with Gasteiger partial charge >= 0.3 is 6.18 Å². The topological polar surface area (TPSA) is 55.4 Å². The van der Waals surface area contributed by atoms with Gasteiger partial charge in [0.2, 0.25) is 10.0 Å². The van der Waals surface area contributed by atoms with E-state index in [2.05, 4.69) is 0 Å². The number of ether oxygens (including phenoxy) is 1. The molecule has 0 aliphatic rings. The molecule has 3 aromatic carbocycles. The van der Waals surface area contributed by atoms with Gasteiger partial charge < -0.3 is 4.74 Å². The number of sulfonamides is 1. The molecule has 0 aliphatic carbocycles. The Bertz CT molecular complexity index is 1150. The van der Waals surface area contributed by atoms with Crippen molar-refractivity contribution in [1.82, 2.24) is 4.72 Å². The molecule has 0 saturated carbocycles. The zero-order chi connectivity index (χ0) is 22.1. The van der Waals surface area contributed by atoms with E-state index in [1.54, 1.807) is 55.8 Å². The van der Waals surface area contributed by atoms with Crippen molar-refractivity contribution in [2.45, 2.75) is 37.9 Å². The molecule has 0 amide bonds. The van der Waals surface area contributed by atoms with E-state index in [4.69, 9.17) is 4.74 Å². The van der Waals surface area contributed by atoms with Gasteiger partial charge in [0.25, 0.3) is 0 Å². The number of alkyl halides is 3. The summed E-state index contributed by atoms with van der Waals surface area (Å²) in [5.41, 5.74) is 1.60. The molecule has 0 radical (unpaired) electrons. The molecule has 8 heteroatoms. The van der Waals surface area contributed by atoms with Crippen LogP contribution >= 0.6 is 0 Å². The second kappa shape index (κ2) is 8.28. The number of benzene rings is 3. The fraction of sp³-hybridized carbons (Fsp3) is 0.273. The normalized spacial score (nSPS) is 13.4. The highest BCUT2D eigenvalue weighted by molar-refractivity contribution is 7.89. The molecule has 4 nitrogen and oxygen atoms in total. The summed E-state index contributed by atoms with van der Waals surface area (Å²) in [6.45, 7) is 4.02. The van der Waals surface area contributed by atoms with Gasteiger partial charge in [-0.15, -0.1) is 0 Å². The van der Waals surface area contributed by atoms with E-state index >= 15 is 0 Å². The van der Waals surface area contributed by atoms with Crippen molar-refractivity contribution in [3.8, 4) is 5.75 Å². The molecule has 0 fully saturated rings. The largest absolute Gasteiger partial charge is 0.492 e. The smallest absolute Gasteiger partial charge is 0.408 e. The first-order valence-corrected chi connectivity index (χ1v) is 10.7. The summed E-state index contributed by atoms with van der Waals surface area (Å²) in [5, 5.41) is 1.73. The predicted octanol–water partition coefficient (Wildman–Crippen LogP) is 5.05. The molecule has 30 heavy (non-hydrogen) atoms. The summed E-state index contributed by atoms with van der Waals surface area (Å²) >= 11 is 0. The molecule has 1 unspecified atom stereocenters. The Balaban J connectivity index is 1.84. The molecule has 160 valence electrons. The number of hydrogen-bond donors (Lipinski definition) is 1.